The molecule has 0 aliphatic carbocycles. The lowest BCUT2D eigenvalue weighted by Crippen LogP contribution is -2.31. The second kappa shape index (κ2) is 3.74. The van der Waals surface area contributed by atoms with Crippen LogP contribution < -0.4 is 0 Å². The van der Waals surface area contributed by atoms with Gasteiger partial charge in [-0.1, -0.05) is 18.2 Å². The molecule has 16 heavy (non-hydrogen) atoms. The fourth-order valence-electron chi connectivity index (χ4n) is 2.12. The van der Waals surface area contributed by atoms with E-state index in [-0.39, 0.29) is 11.4 Å². The predicted molar refractivity (Wildman–Crippen MR) is 63.2 cm³/mol. The number of esters is 1. The first-order chi connectivity index (χ1) is 7.58. The van der Waals surface area contributed by atoms with Crippen LogP contribution in [0.5, 0.6) is 0 Å². The normalized spacial score (nSPS) is 22.6. The van der Waals surface area contributed by atoms with Crippen LogP contribution in [-0.2, 0) is 14.9 Å². The second-order valence-electron chi connectivity index (χ2n) is 4.30. The minimum Gasteiger partial charge on any atom is -0.469 e. The van der Waals surface area contributed by atoms with Crippen molar-refractivity contribution in [2.24, 2.45) is 4.99 Å². The number of benzene rings is 1. The van der Waals surface area contributed by atoms with Crippen LogP contribution >= 0.6 is 0 Å². The number of fused-ring (bicyclic) bond motifs is 1. The first-order valence-electron chi connectivity index (χ1n) is 5.30. The molecule has 1 unspecified atom stereocenters. The Morgan fingerprint density at radius 2 is 2.12 bits per heavy atom. The topological polar surface area (TPSA) is 38.7 Å². The van der Waals surface area contributed by atoms with Gasteiger partial charge in [-0.3, -0.25) is 9.79 Å². The van der Waals surface area contributed by atoms with Gasteiger partial charge in [0.1, 0.15) is 0 Å². The maximum Gasteiger partial charge on any atom is 0.306 e. The van der Waals surface area contributed by atoms with Crippen LogP contribution in [0, 0.1) is 0 Å². The highest BCUT2D eigenvalue weighted by molar-refractivity contribution is 6.02. The van der Waals surface area contributed by atoms with Crippen LogP contribution in [0.3, 0.4) is 0 Å². The van der Waals surface area contributed by atoms with Crippen LogP contribution in [-0.4, -0.2) is 18.8 Å². The summed E-state index contributed by atoms with van der Waals surface area (Å²) in [5, 5.41) is 0. The smallest absolute Gasteiger partial charge is 0.306 e. The molecule has 0 radical (unpaired) electrons. The quantitative estimate of drug-likeness (QED) is 0.714. The Labute approximate surface area is 95.2 Å². The molecule has 84 valence electrons. The van der Waals surface area contributed by atoms with Gasteiger partial charge in [0, 0.05) is 11.1 Å². The molecule has 0 saturated heterocycles. The number of methoxy groups -OCH3 is 1. The highest BCUT2D eigenvalue weighted by Gasteiger charge is 2.38. The van der Waals surface area contributed by atoms with Crippen LogP contribution in [0.25, 0.3) is 0 Å². The first-order valence-corrected chi connectivity index (χ1v) is 5.30. The molecule has 0 saturated carbocycles. The van der Waals surface area contributed by atoms with Crippen LogP contribution in [0.2, 0.25) is 0 Å². The van der Waals surface area contributed by atoms with Crippen molar-refractivity contribution in [1.29, 1.82) is 0 Å². The lowest BCUT2D eigenvalue weighted by Gasteiger charge is -2.24. The number of aliphatic imine (C=N–C) groups is 1. The summed E-state index contributed by atoms with van der Waals surface area (Å²) in [5.74, 6) is -0.200. The van der Waals surface area contributed by atoms with Gasteiger partial charge in [-0.15, -0.1) is 0 Å². The van der Waals surface area contributed by atoms with E-state index in [0.29, 0.717) is 6.42 Å². The number of carbonyl (C=O) groups is 1. The number of nitrogens with zero attached hydrogens (tertiary/aromatic N) is 1. The standard InChI is InChI=1S/C13H15NO2/c1-9-13(2,8-12(15)16-3)10-6-4-5-7-11(10)14-9/h4-7H,8H2,1-3H3. The molecule has 0 N–H and O–H groups in total. The van der Waals surface area contributed by atoms with Gasteiger partial charge in [-0.05, 0) is 25.5 Å². The number of para-hydroxylation sites is 1. The van der Waals surface area contributed by atoms with Gasteiger partial charge in [0.15, 0.2) is 0 Å². The van der Waals surface area contributed by atoms with Crippen molar-refractivity contribution in [1.82, 2.24) is 0 Å². The SMILES string of the molecule is COC(=O)CC1(C)C(C)=Nc2ccccc21. The van der Waals surface area contributed by atoms with Crippen molar-refractivity contribution in [3.05, 3.63) is 29.8 Å². The Bertz CT molecular complexity index is 465. The van der Waals surface area contributed by atoms with E-state index >= 15 is 0 Å². The summed E-state index contributed by atoms with van der Waals surface area (Å²) < 4.78 is 4.75. The van der Waals surface area contributed by atoms with Crippen LogP contribution in [0.4, 0.5) is 5.69 Å². The second-order valence-corrected chi connectivity index (χ2v) is 4.30. The maximum atomic E-state index is 11.5. The number of hydrogen-bond donors (Lipinski definition) is 0. The molecule has 1 aromatic carbocycles. The van der Waals surface area contributed by atoms with Crippen LogP contribution in [0.15, 0.2) is 29.3 Å². The summed E-state index contributed by atoms with van der Waals surface area (Å²) in [6.07, 6.45) is 0.343. The number of hydrogen-bond acceptors (Lipinski definition) is 3. The van der Waals surface area contributed by atoms with Crippen molar-refractivity contribution in [2.75, 3.05) is 7.11 Å². The van der Waals surface area contributed by atoms with Gasteiger partial charge >= 0.3 is 5.97 Å². The number of carbonyl (C=O) groups excluding carboxylic acids is 1. The molecule has 0 spiro atoms. The van der Waals surface area contributed by atoms with Gasteiger partial charge in [0.05, 0.1) is 19.2 Å². The van der Waals surface area contributed by atoms with E-state index in [4.69, 9.17) is 4.74 Å². The van der Waals surface area contributed by atoms with Crippen molar-refractivity contribution in [3.8, 4) is 0 Å². The molecular weight excluding hydrogens is 202 g/mol. The average Bonchev–Trinajstić information content (AvgIpc) is 2.52. The van der Waals surface area contributed by atoms with E-state index in [1.54, 1.807) is 0 Å². The molecule has 2 rings (SSSR count). The van der Waals surface area contributed by atoms with E-state index in [1.807, 2.05) is 38.1 Å². The van der Waals surface area contributed by atoms with E-state index in [2.05, 4.69) is 4.99 Å². The van der Waals surface area contributed by atoms with Gasteiger partial charge in [-0.25, -0.2) is 0 Å². The predicted octanol–water partition coefficient (Wildman–Crippen LogP) is 2.61. The molecule has 1 aromatic rings. The lowest BCUT2D eigenvalue weighted by molar-refractivity contribution is -0.141. The maximum absolute atomic E-state index is 11.5. The third kappa shape index (κ3) is 1.52. The fraction of sp³-hybridized carbons (Fsp3) is 0.385. The molecule has 3 nitrogen and oxygen atoms in total. The van der Waals surface area contributed by atoms with Crippen LogP contribution in [0.1, 0.15) is 25.8 Å². The van der Waals surface area contributed by atoms with Gasteiger partial charge in [0.2, 0.25) is 0 Å². The Morgan fingerprint density at radius 3 is 2.81 bits per heavy atom. The third-order valence-electron chi connectivity index (χ3n) is 3.31. The highest BCUT2D eigenvalue weighted by atomic mass is 16.5. The molecule has 0 amide bonds. The third-order valence-corrected chi connectivity index (χ3v) is 3.31. The summed E-state index contributed by atoms with van der Waals surface area (Å²) >= 11 is 0. The molecule has 0 fully saturated rings. The summed E-state index contributed by atoms with van der Waals surface area (Å²) in [7, 11) is 1.42. The zero-order valence-electron chi connectivity index (χ0n) is 9.78. The van der Waals surface area contributed by atoms with Crippen molar-refractivity contribution < 1.29 is 9.53 Å². The fourth-order valence-corrected chi connectivity index (χ4v) is 2.12. The summed E-state index contributed by atoms with van der Waals surface area (Å²) in [6.45, 7) is 4.00. The number of ether oxygens (including phenoxy) is 1. The zero-order chi connectivity index (χ0) is 11.8. The monoisotopic (exact) mass is 217 g/mol. The molecule has 1 atom stereocenters. The highest BCUT2D eigenvalue weighted by Crippen LogP contribution is 2.42. The van der Waals surface area contributed by atoms with E-state index < -0.39 is 0 Å². The molecule has 3 heteroatoms. The van der Waals surface area contributed by atoms with Gasteiger partial charge in [-0.2, -0.15) is 0 Å². The van der Waals surface area contributed by atoms with Crippen molar-refractivity contribution in [2.45, 2.75) is 25.7 Å². The summed E-state index contributed by atoms with van der Waals surface area (Å²) in [4.78, 5) is 16.0. The number of rotatable bonds is 2. The first kappa shape index (κ1) is 10.9. The van der Waals surface area contributed by atoms with Gasteiger partial charge < -0.3 is 4.74 Å². The van der Waals surface area contributed by atoms with Crippen molar-refractivity contribution >= 4 is 17.4 Å². The molecule has 0 aromatic heterocycles. The molecule has 1 aliphatic heterocycles. The zero-order valence-corrected chi connectivity index (χ0v) is 9.78. The Hall–Kier alpha value is -1.64. The van der Waals surface area contributed by atoms with E-state index in [9.17, 15) is 4.79 Å². The summed E-state index contributed by atoms with van der Waals surface area (Å²) in [6, 6.07) is 7.93. The lowest BCUT2D eigenvalue weighted by atomic mass is 9.77. The Morgan fingerprint density at radius 1 is 1.44 bits per heavy atom. The minimum absolute atomic E-state index is 0.200. The van der Waals surface area contributed by atoms with E-state index in [0.717, 1.165) is 17.0 Å². The van der Waals surface area contributed by atoms with Crippen molar-refractivity contribution in [3.63, 3.8) is 0 Å². The Kier molecular flexibility index (Phi) is 2.54. The molecule has 0 bridgehead atoms. The molecule has 1 heterocycles. The van der Waals surface area contributed by atoms with E-state index in [1.165, 1.54) is 7.11 Å². The summed E-state index contributed by atoms with van der Waals surface area (Å²) in [5.41, 5.74) is 2.73. The Balaban J connectivity index is 2.42. The van der Waals surface area contributed by atoms with Gasteiger partial charge in [0.25, 0.3) is 0 Å². The average molecular weight is 217 g/mol. The molecular formula is C13H15NO2. The largest absolute Gasteiger partial charge is 0.469 e. The molecule has 1 aliphatic rings. The minimum atomic E-state index is -0.316.